The average Bonchev–Trinajstić information content (AvgIpc) is 3.06. The van der Waals surface area contributed by atoms with Crippen LogP contribution in [0.3, 0.4) is 0 Å². The molecule has 1 atom stereocenters. The first-order chi connectivity index (χ1) is 10.4. The highest BCUT2D eigenvalue weighted by Gasteiger charge is 2.26. The maximum absolute atomic E-state index is 5.34. The van der Waals surface area contributed by atoms with Gasteiger partial charge in [0.15, 0.2) is 0 Å². The maximum Gasteiger partial charge on any atom is 0.0622 e. The molecule has 0 saturated carbocycles. The molecule has 2 aromatic carbocycles. The summed E-state index contributed by atoms with van der Waals surface area (Å²) in [5.74, 6) is 0. The number of fused-ring (bicyclic) bond motifs is 1. The quantitative estimate of drug-likeness (QED) is 0.787. The van der Waals surface area contributed by atoms with E-state index in [1.54, 1.807) is 0 Å². The molecule has 110 valence electrons. The molecule has 2 heteroatoms. The van der Waals surface area contributed by atoms with Crippen LogP contribution in [-0.2, 0) is 4.74 Å². The number of benzene rings is 2. The second kappa shape index (κ2) is 7.39. The van der Waals surface area contributed by atoms with E-state index < -0.39 is 0 Å². The minimum absolute atomic E-state index is 0.777. The second-order valence-corrected chi connectivity index (χ2v) is 5.64. The SMILES string of the molecule is C1CC2COCCN2C1.c1ccc(-c2ccccc2)cc1. The third kappa shape index (κ3) is 3.93. The predicted octanol–water partition coefficient (Wildman–Crippen LogP) is 3.83. The van der Waals surface area contributed by atoms with Crippen LogP contribution >= 0.6 is 0 Å². The third-order valence-electron chi connectivity index (χ3n) is 4.21. The van der Waals surface area contributed by atoms with E-state index in [0.29, 0.717) is 0 Å². The summed E-state index contributed by atoms with van der Waals surface area (Å²) >= 11 is 0. The Morgan fingerprint density at radius 1 is 0.810 bits per heavy atom. The molecular weight excluding hydrogens is 258 g/mol. The van der Waals surface area contributed by atoms with Crippen molar-refractivity contribution in [1.29, 1.82) is 0 Å². The van der Waals surface area contributed by atoms with Crippen LogP contribution in [-0.4, -0.2) is 37.2 Å². The molecule has 0 amide bonds. The van der Waals surface area contributed by atoms with Crippen LogP contribution in [0.25, 0.3) is 11.1 Å². The van der Waals surface area contributed by atoms with Gasteiger partial charge in [-0.15, -0.1) is 0 Å². The van der Waals surface area contributed by atoms with E-state index in [1.807, 2.05) is 12.1 Å². The Balaban J connectivity index is 0.000000131. The van der Waals surface area contributed by atoms with Crippen molar-refractivity contribution >= 4 is 0 Å². The van der Waals surface area contributed by atoms with E-state index in [9.17, 15) is 0 Å². The van der Waals surface area contributed by atoms with Crippen molar-refractivity contribution in [2.45, 2.75) is 18.9 Å². The lowest BCUT2D eigenvalue weighted by molar-refractivity contribution is 0.0129. The van der Waals surface area contributed by atoms with E-state index in [4.69, 9.17) is 4.74 Å². The fraction of sp³-hybridized carbons (Fsp3) is 0.368. The Kier molecular flexibility index (Phi) is 5.03. The molecule has 0 spiro atoms. The molecule has 0 aromatic heterocycles. The standard InChI is InChI=1S/C12H10.C7H13NO/c1-3-7-11(8-4-1)12-9-5-2-6-10-12;1-2-7-6-9-5-4-8(7)3-1/h1-10H;7H,1-6H2. The van der Waals surface area contributed by atoms with Gasteiger partial charge < -0.3 is 4.74 Å². The molecule has 2 saturated heterocycles. The molecule has 2 fully saturated rings. The topological polar surface area (TPSA) is 12.5 Å². The van der Waals surface area contributed by atoms with Gasteiger partial charge in [-0.1, -0.05) is 60.7 Å². The van der Waals surface area contributed by atoms with E-state index >= 15 is 0 Å². The van der Waals surface area contributed by atoms with Gasteiger partial charge in [0.05, 0.1) is 13.2 Å². The molecule has 0 aliphatic carbocycles. The van der Waals surface area contributed by atoms with Gasteiger partial charge in [0.25, 0.3) is 0 Å². The van der Waals surface area contributed by atoms with E-state index in [1.165, 1.54) is 37.1 Å². The zero-order valence-electron chi connectivity index (χ0n) is 12.4. The molecule has 1 unspecified atom stereocenters. The largest absolute Gasteiger partial charge is 0.378 e. The normalized spacial score (nSPS) is 21.2. The van der Waals surface area contributed by atoms with Crippen molar-refractivity contribution in [2.75, 3.05) is 26.3 Å². The number of hydrogen-bond acceptors (Lipinski definition) is 2. The van der Waals surface area contributed by atoms with E-state index in [0.717, 1.165) is 19.3 Å². The molecule has 0 bridgehead atoms. The average molecular weight is 281 g/mol. The Bertz CT molecular complexity index is 476. The summed E-state index contributed by atoms with van der Waals surface area (Å²) in [4.78, 5) is 2.55. The fourth-order valence-corrected chi connectivity index (χ4v) is 3.04. The molecule has 4 rings (SSSR count). The number of rotatable bonds is 1. The second-order valence-electron chi connectivity index (χ2n) is 5.64. The number of morpholine rings is 1. The zero-order valence-corrected chi connectivity index (χ0v) is 12.4. The molecule has 0 radical (unpaired) electrons. The Labute approximate surface area is 127 Å². The van der Waals surface area contributed by atoms with Gasteiger partial charge in [-0.3, -0.25) is 4.90 Å². The lowest BCUT2D eigenvalue weighted by Crippen LogP contribution is -2.40. The highest BCUT2D eigenvalue weighted by atomic mass is 16.5. The predicted molar refractivity (Wildman–Crippen MR) is 87.3 cm³/mol. The van der Waals surface area contributed by atoms with Crippen LogP contribution in [0.1, 0.15) is 12.8 Å². The first kappa shape index (κ1) is 14.3. The van der Waals surface area contributed by atoms with E-state index in [2.05, 4.69) is 53.4 Å². The van der Waals surface area contributed by atoms with Crippen LogP contribution in [0, 0.1) is 0 Å². The van der Waals surface area contributed by atoms with Crippen LogP contribution in [0.5, 0.6) is 0 Å². The first-order valence-electron chi connectivity index (χ1n) is 7.86. The number of hydrogen-bond donors (Lipinski definition) is 0. The van der Waals surface area contributed by atoms with Crippen molar-refractivity contribution in [2.24, 2.45) is 0 Å². The Hall–Kier alpha value is -1.64. The summed E-state index contributed by atoms with van der Waals surface area (Å²) in [6.07, 6.45) is 2.74. The van der Waals surface area contributed by atoms with Gasteiger partial charge >= 0.3 is 0 Å². The lowest BCUT2D eigenvalue weighted by Gasteiger charge is -2.28. The van der Waals surface area contributed by atoms with Crippen molar-refractivity contribution in [3.05, 3.63) is 60.7 Å². The van der Waals surface area contributed by atoms with Gasteiger partial charge in [0.1, 0.15) is 0 Å². The molecular formula is C19H23NO. The summed E-state index contributed by atoms with van der Waals surface area (Å²) in [5, 5.41) is 0. The molecule has 0 N–H and O–H groups in total. The first-order valence-corrected chi connectivity index (χ1v) is 7.86. The van der Waals surface area contributed by atoms with Crippen molar-refractivity contribution in [3.8, 4) is 11.1 Å². The minimum atomic E-state index is 0.777. The lowest BCUT2D eigenvalue weighted by atomic mass is 10.1. The van der Waals surface area contributed by atoms with Gasteiger partial charge in [0, 0.05) is 12.6 Å². The van der Waals surface area contributed by atoms with Crippen molar-refractivity contribution in [3.63, 3.8) is 0 Å². The highest BCUT2D eigenvalue weighted by Crippen LogP contribution is 2.19. The maximum atomic E-state index is 5.34. The zero-order chi connectivity index (χ0) is 14.3. The van der Waals surface area contributed by atoms with Crippen LogP contribution < -0.4 is 0 Å². The van der Waals surface area contributed by atoms with Gasteiger partial charge in [0.2, 0.25) is 0 Å². The molecule has 2 nitrogen and oxygen atoms in total. The summed E-state index contributed by atoms with van der Waals surface area (Å²) in [5.41, 5.74) is 2.55. The summed E-state index contributed by atoms with van der Waals surface area (Å²) in [6.45, 7) is 4.43. The molecule has 2 aromatic rings. The van der Waals surface area contributed by atoms with Gasteiger partial charge in [-0.25, -0.2) is 0 Å². The summed E-state index contributed by atoms with van der Waals surface area (Å²) < 4.78 is 5.34. The molecule has 2 aliphatic rings. The van der Waals surface area contributed by atoms with Crippen molar-refractivity contribution < 1.29 is 4.74 Å². The molecule has 2 heterocycles. The van der Waals surface area contributed by atoms with Crippen LogP contribution in [0.15, 0.2) is 60.7 Å². The van der Waals surface area contributed by atoms with E-state index in [-0.39, 0.29) is 0 Å². The van der Waals surface area contributed by atoms with Crippen LogP contribution in [0.2, 0.25) is 0 Å². The number of ether oxygens (including phenoxy) is 1. The monoisotopic (exact) mass is 281 g/mol. The fourth-order valence-electron chi connectivity index (χ4n) is 3.04. The highest BCUT2D eigenvalue weighted by molar-refractivity contribution is 5.62. The molecule has 21 heavy (non-hydrogen) atoms. The Morgan fingerprint density at radius 3 is 2.00 bits per heavy atom. The summed E-state index contributed by atoms with van der Waals surface area (Å²) in [7, 11) is 0. The smallest absolute Gasteiger partial charge is 0.0622 e. The van der Waals surface area contributed by atoms with Gasteiger partial charge in [-0.2, -0.15) is 0 Å². The number of nitrogens with zero attached hydrogens (tertiary/aromatic N) is 1. The Morgan fingerprint density at radius 2 is 1.43 bits per heavy atom. The molecule has 2 aliphatic heterocycles. The third-order valence-corrected chi connectivity index (χ3v) is 4.21. The minimum Gasteiger partial charge on any atom is -0.378 e. The summed E-state index contributed by atoms with van der Waals surface area (Å²) in [6, 6.07) is 21.6. The van der Waals surface area contributed by atoms with Gasteiger partial charge in [-0.05, 0) is 30.5 Å². The van der Waals surface area contributed by atoms with Crippen LogP contribution in [0.4, 0.5) is 0 Å². The van der Waals surface area contributed by atoms with Crippen molar-refractivity contribution in [1.82, 2.24) is 4.90 Å².